The number of rotatable bonds is 11. The number of anilines is 8. The highest BCUT2D eigenvalue weighted by Crippen LogP contribution is 2.41. The van der Waals surface area contributed by atoms with Crippen molar-refractivity contribution in [3.8, 4) is 33.4 Å². The van der Waals surface area contributed by atoms with E-state index in [9.17, 15) is 0 Å². The molecule has 3 heteroatoms. The van der Waals surface area contributed by atoms with Gasteiger partial charge < -0.3 is 14.7 Å². The Balaban J connectivity index is 1.05. The van der Waals surface area contributed by atoms with Gasteiger partial charge in [-0.15, -0.1) is 0 Å². The number of nitrogens with zero attached hydrogens (tertiary/aromatic N) is 3. The van der Waals surface area contributed by atoms with Gasteiger partial charge in [0.2, 0.25) is 0 Å². The van der Waals surface area contributed by atoms with Crippen LogP contribution in [0.15, 0.2) is 237 Å². The van der Waals surface area contributed by atoms with Crippen LogP contribution in [0.5, 0.6) is 0 Å². The first-order valence-corrected chi connectivity index (χ1v) is 20.1. The minimum absolute atomic E-state index is 1.07. The molecule has 0 aliphatic heterocycles. The van der Waals surface area contributed by atoms with Gasteiger partial charge in [-0.2, -0.15) is 0 Å². The maximum Gasteiger partial charge on any atom is 0.0464 e. The third-order valence-corrected chi connectivity index (χ3v) is 10.9. The van der Waals surface area contributed by atoms with Gasteiger partial charge in [-0.05, 0) is 143 Å². The lowest BCUT2D eigenvalue weighted by atomic mass is 10.0. The summed E-state index contributed by atoms with van der Waals surface area (Å²) in [5.41, 5.74) is 17.2. The predicted octanol–water partition coefficient (Wildman–Crippen LogP) is 15.7. The van der Waals surface area contributed by atoms with E-state index >= 15 is 0 Å². The zero-order valence-corrected chi connectivity index (χ0v) is 33.4. The third kappa shape index (κ3) is 8.14. The Kier molecular flexibility index (Phi) is 10.6. The zero-order valence-electron chi connectivity index (χ0n) is 33.4. The Labute approximate surface area is 348 Å². The molecule has 0 bridgehead atoms. The van der Waals surface area contributed by atoms with E-state index in [-0.39, 0.29) is 0 Å². The number of hydrogen-bond acceptors (Lipinski definition) is 3. The van der Waals surface area contributed by atoms with Gasteiger partial charge in [-0.25, -0.2) is 0 Å². The van der Waals surface area contributed by atoms with Gasteiger partial charge in [0.15, 0.2) is 0 Å². The fraction of sp³-hybridized carbons (Fsp3) is 0.0357. The van der Waals surface area contributed by atoms with Crippen LogP contribution >= 0.6 is 0 Å². The summed E-state index contributed by atoms with van der Waals surface area (Å²) in [5, 5.41) is 0. The first kappa shape index (κ1) is 37.0. The Morgan fingerprint density at radius 3 is 0.847 bits per heavy atom. The molecular formula is C56H45N3. The summed E-state index contributed by atoms with van der Waals surface area (Å²) in [5.74, 6) is 0. The number of aryl methyl sites for hydroxylation is 1. The summed E-state index contributed by atoms with van der Waals surface area (Å²) in [4.78, 5) is 6.91. The van der Waals surface area contributed by atoms with Gasteiger partial charge >= 0.3 is 0 Å². The third-order valence-electron chi connectivity index (χ3n) is 10.9. The molecule has 0 amide bonds. The molecular weight excluding hydrogens is 715 g/mol. The van der Waals surface area contributed by atoms with Crippen molar-refractivity contribution < 1.29 is 0 Å². The molecule has 0 unspecified atom stereocenters. The molecule has 9 aromatic rings. The standard InChI is InChI=1S/C56H45N3/c1-42-13-12-20-56(41-42)59(52-31-25-48(26-32-52)45-18-10-5-11-19-45)55-39-37-54(38-40-55)58(51-29-23-47(24-30-51)44-16-8-4-9-17-44)53-35-33-50(34-36-53)57(2)49-27-21-46(22-28-49)43-14-6-3-7-15-43/h3-41H,1-2H3. The van der Waals surface area contributed by atoms with E-state index in [4.69, 9.17) is 0 Å². The predicted molar refractivity (Wildman–Crippen MR) is 251 cm³/mol. The van der Waals surface area contributed by atoms with Gasteiger partial charge in [0.05, 0.1) is 0 Å². The van der Waals surface area contributed by atoms with E-state index in [0.29, 0.717) is 0 Å². The van der Waals surface area contributed by atoms with Gasteiger partial charge in [0, 0.05) is 52.5 Å². The monoisotopic (exact) mass is 759 g/mol. The molecule has 0 saturated heterocycles. The number of hydrogen-bond donors (Lipinski definition) is 0. The van der Waals surface area contributed by atoms with Crippen molar-refractivity contribution in [1.29, 1.82) is 0 Å². The summed E-state index contributed by atoms with van der Waals surface area (Å²) in [6.07, 6.45) is 0. The second-order valence-corrected chi connectivity index (χ2v) is 14.8. The van der Waals surface area contributed by atoms with Crippen LogP contribution in [0.3, 0.4) is 0 Å². The molecule has 0 atom stereocenters. The molecule has 9 aromatic carbocycles. The normalized spacial score (nSPS) is 10.9. The Morgan fingerprint density at radius 1 is 0.237 bits per heavy atom. The molecule has 9 rings (SSSR count). The van der Waals surface area contributed by atoms with Gasteiger partial charge in [0.1, 0.15) is 0 Å². The van der Waals surface area contributed by atoms with Crippen molar-refractivity contribution in [3.05, 3.63) is 242 Å². The summed E-state index contributed by atoms with van der Waals surface area (Å²) in [7, 11) is 2.13. The van der Waals surface area contributed by atoms with Crippen molar-refractivity contribution in [2.75, 3.05) is 21.7 Å². The minimum Gasteiger partial charge on any atom is -0.345 e. The fourth-order valence-corrected chi connectivity index (χ4v) is 7.76. The second kappa shape index (κ2) is 16.9. The van der Waals surface area contributed by atoms with Crippen LogP contribution in [0, 0.1) is 6.92 Å². The average Bonchev–Trinajstić information content (AvgIpc) is 3.31. The maximum absolute atomic E-state index is 2.34. The highest BCUT2D eigenvalue weighted by Gasteiger charge is 2.17. The first-order chi connectivity index (χ1) is 29.1. The van der Waals surface area contributed by atoms with E-state index in [1.54, 1.807) is 0 Å². The molecule has 0 aliphatic rings. The van der Waals surface area contributed by atoms with Crippen molar-refractivity contribution in [3.63, 3.8) is 0 Å². The van der Waals surface area contributed by atoms with Crippen molar-refractivity contribution in [2.24, 2.45) is 0 Å². The quantitative estimate of drug-likeness (QED) is 0.130. The summed E-state index contributed by atoms with van der Waals surface area (Å²) < 4.78 is 0. The minimum atomic E-state index is 1.07. The van der Waals surface area contributed by atoms with E-state index in [2.05, 4.69) is 265 Å². The topological polar surface area (TPSA) is 9.72 Å². The average molecular weight is 760 g/mol. The first-order valence-electron chi connectivity index (χ1n) is 20.1. The molecule has 0 radical (unpaired) electrons. The number of benzene rings is 9. The van der Waals surface area contributed by atoms with Crippen LogP contribution in [0.4, 0.5) is 45.5 Å². The highest BCUT2D eigenvalue weighted by atomic mass is 15.2. The summed E-state index contributed by atoms with van der Waals surface area (Å²) >= 11 is 0. The summed E-state index contributed by atoms with van der Waals surface area (Å²) in [6, 6.07) is 84.6. The Bertz CT molecular complexity index is 2730. The fourth-order valence-electron chi connectivity index (χ4n) is 7.76. The lowest BCUT2D eigenvalue weighted by Crippen LogP contribution is -2.13. The molecule has 0 fully saturated rings. The lowest BCUT2D eigenvalue weighted by molar-refractivity contribution is 1.20. The molecule has 284 valence electrons. The zero-order chi connectivity index (χ0) is 40.0. The second-order valence-electron chi connectivity index (χ2n) is 14.8. The molecule has 0 heterocycles. The maximum atomic E-state index is 2.34. The highest BCUT2D eigenvalue weighted by molar-refractivity contribution is 5.83. The lowest BCUT2D eigenvalue weighted by Gasteiger charge is -2.29. The molecule has 0 N–H and O–H groups in total. The van der Waals surface area contributed by atoms with Crippen LogP contribution in [0.1, 0.15) is 5.56 Å². The van der Waals surface area contributed by atoms with Crippen LogP contribution in [-0.4, -0.2) is 7.05 Å². The SMILES string of the molecule is Cc1cccc(N(c2ccc(-c3ccccc3)cc2)c2ccc(N(c3ccc(-c4ccccc4)cc3)c3ccc(N(C)c4ccc(-c5ccccc5)cc4)cc3)cc2)c1. The van der Waals surface area contributed by atoms with E-state index < -0.39 is 0 Å². The van der Waals surface area contributed by atoms with E-state index in [1.165, 1.54) is 38.9 Å². The van der Waals surface area contributed by atoms with Crippen LogP contribution in [0.25, 0.3) is 33.4 Å². The van der Waals surface area contributed by atoms with Gasteiger partial charge in [-0.3, -0.25) is 0 Å². The molecule has 0 spiro atoms. The van der Waals surface area contributed by atoms with E-state index in [0.717, 1.165) is 45.5 Å². The van der Waals surface area contributed by atoms with Crippen molar-refractivity contribution in [2.45, 2.75) is 6.92 Å². The Morgan fingerprint density at radius 2 is 0.508 bits per heavy atom. The van der Waals surface area contributed by atoms with Gasteiger partial charge in [0.25, 0.3) is 0 Å². The van der Waals surface area contributed by atoms with Crippen LogP contribution in [-0.2, 0) is 0 Å². The van der Waals surface area contributed by atoms with Crippen molar-refractivity contribution >= 4 is 45.5 Å². The molecule has 59 heavy (non-hydrogen) atoms. The van der Waals surface area contributed by atoms with Crippen molar-refractivity contribution in [1.82, 2.24) is 0 Å². The summed E-state index contributed by atoms with van der Waals surface area (Å²) in [6.45, 7) is 2.15. The Hall–Kier alpha value is -7.62. The molecule has 0 aromatic heterocycles. The van der Waals surface area contributed by atoms with Crippen LogP contribution < -0.4 is 14.7 Å². The largest absolute Gasteiger partial charge is 0.345 e. The van der Waals surface area contributed by atoms with Gasteiger partial charge in [-0.1, -0.05) is 140 Å². The molecule has 0 aliphatic carbocycles. The smallest absolute Gasteiger partial charge is 0.0464 e. The molecule has 3 nitrogen and oxygen atoms in total. The van der Waals surface area contributed by atoms with Crippen LogP contribution in [0.2, 0.25) is 0 Å². The van der Waals surface area contributed by atoms with E-state index in [1.807, 2.05) is 0 Å². The molecule has 0 saturated carbocycles.